The van der Waals surface area contributed by atoms with Crippen LogP contribution in [0, 0.1) is 16.7 Å². The van der Waals surface area contributed by atoms with Gasteiger partial charge < -0.3 is 11.1 Å². The summed E-state index contributed by atoms with van der Waals surface area (Å²) in [5.41, 5.74) is 6.58. The first kappa shape index (κ1) is 17.3. The van der Waals surface area contributed by atoms with Crippen LogP contribution in [0.3, 0.4) is 0 Å². The Kier molecular flexibility index (Phi) is 7.02. The zero-order chi connectivity index (χ0) is 14.4. The molecule has 1 atom stereocenters. The van der Waals surface area contributed by atoms with Gasteiger partial charge in [0.15, 0.2) is 11.9 Å². The van der Waals surface area contributed by atoms with Crippen molar-refractivity contribution in [2.45, 2.75) is 31.6 Å². The van der Waals surface area contributed by atoms with E-state index in [1.807, 2.05) is 6.07 Å². The highest BCUT2D eigenvalue weighted by molar-refractivity contribution is 5.94. The number of halogens is 1. The first-order valence-corrected chi connectivity index (χ1v) is 7.15. The predicted octanol–water partition coefficient (Wildman–Crippen LogP) is 2.39. The van der Waals surface area contributed by atoms with Crippen LogP contribution in [0.25, 0.3) is 0 Å². The zero-order valence-electron chi connectivity index (χ0n) is 12.1. The second kappa shape index (κ2) is 8.52. The van der Waals surface area contributed by atoms with Crippen LogP contribution in [0.5, 0.6) is 0 Å². The van der Waals surface area contributed by atoms with Crippen LogP contribution in [0.2, 0.25) is 0 Å². The molecule has 1 fully saturated rings. The molecule has 1 aromatic rings. The molecular weight excluding hydrogens is 286 g/mol. The first-order valence-electron chi connectivity index (χ1n) is 7.15. The van der Waals surface area contributed by atoms with Gasteiger partial charge in [-0.25, -0.2) is 0 Å². The Bertz CT molecular complexity index is 458. The topological polar surface area (TPSA) is 97.8 Å². The fourth-order valence-corrected chi connectivity index (χ4v) is 2.75. The highest BCUT2D eigenvalue weighted by atomic mass is 35.5. The number of rotatable bonds is 5. The summed E-state index contributed by atoms with van der Waals surface area (Å²) in [7, 11) is 0. The number of nitrogens with one attached hydrogen (secondary N) is 4. The Morgan fingerprint density at radius 2 is 1.90 bits per heavy atom. The lowest BCUT2D eigenvalue weighted by atomic mass is 9.72. The van der Waals surface area contributed by atoms with E-state index in [0.717, 1.165) is 18.9 Å². The molecule has 1 aliphatic carbocycles. The number of hydrogen-bond acceptors (Lipinski definition) is 2. The molecule has 0 unspecified atom stereocenters. The summed E-state index contributed by atoms with van der Waals surface area (Å²) >= 11 is 0. The predicted molar refractivity (Wildman–Crippen MR) is 89.2 cm³/mol. The molecule has 6 N–H and O–H groups in total. The number of nitrogens with two attached hydrogens (primary N) is 1. The lowest BCUT2D eigenvalue weighted by molar-refractivity contribution is 0.252. The van der Waals surface area contributed by atoms with Gasteiger partial charge >= 0.3 is 0 Å². The molecule has 2 rings (SSSR count). The van der Waals surface area contributed by atoms with E-state index in [0.29, 0.717) is 5.92 Å². The van der Waals surface area contributed by atoms with Crippen LogP contribution in [0.1, 0.15) is 37.2 Å². The maximum Gasteiger partial charge on any atom is 0.195 e. The molecule has 5 nitrogen and oxygen atoms in total. The molecule has 0 amide bonds. The third-order valence-electron chi connectivity index (χ3n) is 3.96. The van der Waals surface area contributed by atoms with Gasteiger partial charge in [-0.2, -0.15) is 0 Å². The van der Waals surface area contributed by atoms with Crippen molar-refractivity contribution in [3.05, 3.63) is 35.9 Å². The van der Waals surface area contributed by atoms with Crippen LogP contribution in [-0.4, -0.2) is 18.5 Å². The number of benzene rings is 1. The summed E-state index contributed by atoms with van der Waals surface area (Å²) in [5, 5.41) is 20.1. The molecule has 1 aliphatic rings. The SMILES string of the molecule is Cl.N=C(N)NC(=N)NCC[C@H](c1ccccc1)C1CCC1. The molecule has 0 aliphatic heterocycles. The lowest BCUT2D eigenvalue weighted by Gasteiger charge is -2.34. The van der Waals surface area contributed by atoms with Crippen molar-refractivity contribution < 1.29 is 0 Å². The van der Waals surface area contributed by atoms with Gasteiger partial charge in [0.05, 0.1) is 0 Å². The zero-order valence-corrected chi connectivity index (χ0v) is 12.9. The van der Waals surface area contributed by atoms with Crippen molar-refractivity contribution in [3.8, 4) is 0 Å². The van der Waals surface area contributed by atoms with Gasteiger partial charge in [-0.15, -0.1) is 12.4 Å². The summed E-state index contributed by atoms with van der Waals surface area (Å²) in [6, 6.07) is 10.6. The molecule has 21 heavy (non-hydrogen) atoms. The van der Waals surface area contributed by atoms with Crippen LogP contribution in [-0.2, 0) is 0 Å². The van der Waals surface area contributed by atoms with Crippen LogP contribution in [0.15, 0.2) is 30.3 Å². The van der Waals surface area contributed by atoms with E-state index in [2.05, 4.69) is 34.9 Å². The standard InChI is InChI=1S/C15H23N5.ClH/c16-14(17)20-15(18)19-10-9-13(12-7-4-8-12)11-5-2-1-3-6-11;/h1-3,5-6,12-13H,4,7-10H2,(H6,16,17,18,19,20);1H/t13-;/m1./s1. The van der Waals surface area contributed by atoms with Crippen molar-refractivity contribution >= 4 is 24.3 Å². The first-order chi connectivity index (χ1) is 9.66. The minimum Gasteiger partial charge on any atom is -0.370 e. The third-order valence-corrected chi connectivity index (χ3v) is 3.96. The largest absolute Gasteiger partial charge is 0.370 e. The van der Waals surface area contributed by atoms with Crippen LogP contribution in [0.4, 0.5) is 0 Å². The van der Waals surface area contributed by atoms with Crippen LogP contribution < -0.4 is 16.4 Å². The van der Waals surface area contributed by atoms with Gasteiger partial charge in [0.2, 0.25) is 0 Å². The molecule has 0 saturated heterocycles. The molecule has 0 spiro atoms. The summed E-state index contributed by atoms with van der Waals surface area (Å²) in [6.45, 7) is 0.717. The van der Waals surface area contributed by atoms with E-state index in [-0.39, 0.29) is 24.3 Å². The van der Waals surface area contributed by atoms with Crippen molar-refractivity contribution in [2.24, 2.45) is 11.7 Å². The summed E-state index contributed by atoms with van der Waals surface area (Å²) in [5.74, 6) is 1.22. The van der Waals surface area contributed by atoms with Crippen molar-refractivity contribution in [1.82, 2.24) is 10.6 Å². The molecule has 0 radical (unpaired) electrons. The fraction of sp³-hybridized carbons (Fsp3) is 0.467. The molecule has 6 heteroatoms. The highest BCUT2D eigenvalue weighted by Crippen LogP contribution is 2.40. The second-order valence-corrected chi connectivity index (χ2v) is 5.34. The van der Waals surface area contributed by atoms with Gasteiger partial charge in [-0.1, -0.05) is 36.8 Å². The maximum absolute atomic E-state index is 7.59. The summed E-state index contributed by atoms with van der Waals surface area (Å²) in [6.07, 6.45) is 4.95. The summed E-state index contributed by atoms with van der Waals surface area (Å²) < 4.78 is 0. The van der Waals surface area contributed by atoms with Gasteiger partial charge in [0.1, 0.15) is 0 Å². The number of hydrogen-bond donors (Lipinski definition) is 5. The van der Waals surface area contributed by atoms with E-state index in [1.54, 1.807) is 0 Å². The fourth-order valence-electron chi connectivity index (χ4n) is 2.75. The van der Waals surface area contributed by atoms with Gasteiger partial charge in [-0.3, -0.25) is 16.1 Å². The smallest absolute Gasteiger partial charge is 0.195 e. The van der Waals surface area contributed by atoms with Gasteiger partial charge in [0.25, 0.3) is 0 Å². The third kappa shape index (κ3) is 5.27. The van der Waals surface area contributed by atoms with E-state index >= 15 is 0 Å². The Morgan fingerprint density at radius 3 is 2.43 bits per heavy atom. The molecule has 1 aromatic carbocycles. The molecule has 0 heterocycles. The number of guanidine groups is 2. The van der Waals surface area contributed by atoms with E-state index < -0.39 is 0 Å². The van der Waals surface area contributed by atoms with Gasteiger partial charge in [0, 0.05) is 6.54 Å². The highest BCUT2D eigenvalue weighted by Gasteiger charge is 2.27. The van der Waals surface area contributed by atoms with Gasteiger partial charge in [-0.05, 0) is 36.7 Å². The minimum atomic E-state index is -0.207. The molecular formula is C15H24ClN5. The Labute approximate surface area is 132 Å². The van der Waals surface area contributed by atoms with E-state index in [9.17, 15) is 0 Å². The molecule has 1 saturated carbocycles. The average molecular weight is 310 g/mol. The van der Waals surface area contributed by atoms with Crippen molar-refractivity contribution in [3.63, 3.8) is 0 Å². The quantitative estimate of drug-likeness (QED) is 0.426. The Morgan fingerprint density at radius 1 is 1.24 bits per heavy atom. The van der Waals surface area contributed by atoms with Crippen molar-refractivity contribution in [1.29, 1.82) is 10.8 Å². The monoisotopic (exact) mass is 309 g/mol. The minimum absolute atomic E-state index is 0. The molecule has 0 bridgehead atoms. The summed E-state index contributed by atoms with van der Waals surface area (Å²) in [4.78, 5) is 0. The molecule has 0 aromatic heterocycles. The average Bonchev–Trinajstić information content (AvgIpc) is 2.35. The second-order valence-electron chi connectivity index (χ2n) is 5.34. The normalized spacial score (nSPS) is 15.2. The van der Waals surface area contributed by atoms with Crippen molar-refractivity contribution in [2.75, 3.05) is 6.54 Å². The maximum atomic E-state index is 7.59. The van der Waals surface area contributed by atoms with Crippen LogP contribution >= 0.6 is 12.4 Å². The lowest BCUT2D eigenvalue weighted by Crippen LogP contribution is -2.44. The molecule has 116 valence electrons. The van der Waals surface area contributed by atoms with E-state index in [1.165, 1.54) is 24.8 Å². The Hall–Kier alpha value is -1.75. The van der Waals surface area contributed by atoms with E-state index in [4.69, 9.17) is 16.6 Å². The Balaban J connectivity index is 0.00000220.